The Hall–Kier alpha value is -2.47. The molecule has 5 nitrogen and oxygen atoms in total. The van der Waals surface area contributed by atoms with Crippen LogP contribution in [-0.4, -0.2) is 31.6 Å². The maximum atomic E-state index is 12.2. The van der Waals surface area contributed by atoms with Crippen LogP contribution in [0.2, 0.25) is 0 Å². The molecule has 0 aliphatic heterocycles. The Labute approximate surface area is 152 Å². The molecule has 0 aliphatic carbocycles. The van der Waals surface area contributed by atoms with E-state index in [1.165, 1.54) is 17.3 Å². The Morgan fingerprint density at radius 2 is 1.88 bits per heavy atom. The lowest BCUT2D eigenvalue weighted by molar-refractivity contribution is -0.120. The van der Waals surface area contributed by atoms with Crippen molar-refractivity contribution in [3.8, 4) is 11.5 Å². The molecule has 0 heterocycles. The first kappa shape index (κ1) is 18.9. The summed E-state index contributed by atoms with van der Waals surface area (Å²) < 4.78 is 10.4. The Morgan fingerprint density at radius 1 is 1.16 bits per heavy atom. The lowest BCUT2D eigenvalue weighted by Gasteiger charge is -2.10. The zero-order valence-electron chi connectivity index (χ0n) is 14.8. The van der Waals surface area contributed by atoms with Crippen molar-refractivity contribution < 1.29 is 14.3 Å². The summed E-state index contributed by atoms with van der Waals surface area (Å²) in [6, 6.07) is 13.5. The fourth-order valence-electron chi connectivity index (χ4n) is 2.06. The Kier molecular flexibility index (Phi) is 6.89. The third kappa shape index (κ3) is 5.53. The van der Waals surface area contributed by atoms with Crippen LogP contribution in [0.3, 0.4) is 0 Å². The molecule has 1 amide bonds. The summed E-state index contributed by atoms with van der Waals surface area (Å²) >= 11 is 1.49. The van der Waals surface area contributed by atoms with E-state index in [1.807, 2.05) is 50.2 Å². The van der Waals surface area contributed by atoms with Crippen molar-refractivity contribution in [1.82, 2.24) is 5.43 Å². The fourth-order valence-corrected chi connectivity index (χ4v) is 2.92. The highest BCUT2D eigenvalue weighted by Crippen LogP contribution is 2.24. The first-order valence-corrected chi connectivity index (χ1v) is 8.69. The summed E-state index contributed by atoms with van der Waals surface area (Å²) in [4.78, 5) is 13.2. The molecule has 1 N–H and O–H groups in total. The van der Waals surface area contributed by atoms with Gasteiger partial charge in [-0.05, 0) is 38.1 Å². The minimum Gasteiger partial charge on any atom is -0.497 e. The zero-order valence-corrected chi connectivity index (χ0v) is 15.6. The number of carbonyl (C=O) groups excluding carboxylic acids is 1. The molecular formula is C19H22N2O3S. The van der Waals surface area contributed by atoms with E-state index in [9.17, 15) is 4.79 Å². The van der Waals surface area contributed by atoms with Crippen molar-refractivity contribution in [3.63, 3.8) is 0 Å². The average molecular weight is 358 g/mol. The number of aryl methyl sites for hydroxylation is 1. The van der Waals surface area contributed by atoms with Crippen molar-refractivity contribution in [2.45, 2.75) is 24.0 Å². The van der Waals surface area contributed by atoms with E-state index < -0.39 is 0 Å². The Bertz CT molecular complexity index is 745. The molecule has 2 rings (SSSR count). The second-order valence-electron chi connectivity index (χ2n) is 5.42. The van der Waals surface area contributed by atoms with Crippen molar-refractivity contribution in [2.75, 3.05) is 14.2 Å². The quantitative estimate of drug-likeness (QED) is 0.466. The van der Waals surface area contributed by atoms with Crippen molar-refractivity contribution in [2.24, 2.45) is 5.10 Å². The molecular weight excluding hydrogens is 336 g/mol. The predicted octanol–water partition coefficient (Wildman–Crippen LogP) is 3.64. The maximum absolute atomic E-state index is 12.2. The van der Waals surface area contributed by atoms with Crippen LogP contribution in [0.25, 0.3) is 0 Å². The number of hydrogen-bond acceptors (Lipinski definition) is 5. The van der Waals surface area contributed by atoms with Gasteiger partial charge in [0.15, 0.2) is 0 Å². The van der Waals surface area contributed by atoms with Gasteiger partial charge >= 0.3 is 0 Å². The molecule has 2 aromatic carbocycles. The summed E-state index contributed by atoms with van der Waals surface area (Å²) in [5.41, 5.74) is 4.51. The molecule has 0 bridgehead atoms. The molecule has 0 aromatic heterocycles. The van der Waals surface area contributed by atoms with Gasteiger partial charge in [-0.2, -0.15) is 5.10 Å². The van der Waals surface area contributed by atoms with Crippen LogP contribution in [-0.2, 0) is 4.79 Å². The van der Waals surface area contributed by atoms with Crippen molar-refractivity contribution >= 4 is 23.9 Å². The molecule has 0 saturated carbocycles. The summed E-state index contributed by atoms with van der Waals surface area (Å²) in [5.74, 6) is 1.16. The highest BCUT2D eigenvalue weighted by atomic mass is 32.2. The number of benzene rings is 2. The smallest absolute Gasteiger partial charge is 0.253 e. The lowest BCUT2D eigenvalue weighted by Crippen LogP contribution is -2.26. The van der Waals surface area contributed by atoms with Gasteiger partial charge in [-0.1, -0.05) is 17.7 Å². The van der Waals surface area contributed by atoms with Crippen LogP contribution in [0.15, 0.2) is 52.5 Å². The van der Waals surface area contributed by atoms with Crippen molar-refractivity contribution in [1.29, 1.82) is 0 Å². The summed E-state index contributed by atoms with van der Waals surface area (Å²) in [6.45, 7) is 3.89. The normalized spacial score (nSPS) is 12.0. The number of amides is 1. The maximum Gasteiger partial charge on any atom is 0.253 e. The monoisotopic (exact) mass is 358 g/mol. The minimum atomic E-state index is -0.252. The van der Waals surface area contributed by atoms with Gasteiger partial charge in [-0.15, -0.1) is 11.8 Å². The van der Waals surface area contributed by atoms with Crippen LogP contribution >= 0.6 is 11.8 Å². The number of hydrazone groups is 1. The van der Waals surface area contributed by atoms with Crippen LogP contribution in [0.5, 0.6) is 11.5 Å². The highest BCUT2D eigenvalue weighted by Gasteiger charge is 2.13. The van der Waals surface area contributed by atoms with Gasteiger partial charge in [0.1, 0.15) is 11.5 Å². The average Bonchev–Trinajstić information content (AvgIpc) is 2.63. The van der Waals surface area contributed by atoms with E-state index in [0.717, 1.165) is 10.5 Å². The second-order valence-corrected chi connectivity index (χ2v) is 6.83. The van der Waals surface area contributed by atoms with Gasteiger partial charge in [0.25, 0.3) is 5.91 Å². The van der Waals surface area contributed by atoms with E-state index >= 15 is 0 Å². The molecule has 1 atom stereocenters. The third-order valence-corrected chi connectivity index (χ3v) is 4.63. The summed E-state index contributed by atoms with van der Waals surface area (Å²) in [7, 11) is 3.17. The van der Waals surface area contributed by atoms with Crippen LogP contribution in [0.4, 0.5) is 0 Å². The molecule has 0 unspecified atom stereocenters. The molecule has 132 valence electrons. The fraction of sp³-hybridized carbons (Fsp3) is 0.263. The largest absolute Gasteiger partial charge is 0.497 e. The highest BCUT2D eigenvalue weighted by molar-refractivity contribution is 8.00. The zero-order chi connectivity index (χ0) is 18.2. The first-order chi connectivity index (χ1) is 12.0. The summed E-state index contributed by atoms with van der Waals surface area (Å²) in [5, 5.41) is 3.77. The van der Waals surface area contributed by atoms with Crippen LogP contribution in [0, 0.1) is 6.92 Å². The molecule has 0 fully saturated rings. The van der Waals surface area contributed by atoms with Crippen LogP contribution < -0.4 is 14.9 Å². The number of nitrogens with zero attached hydrogens (tertiary/aromatic N) is 1. The topological polar surface area (TPSA) is 59.9 Å². The van der Waals surface area contributed by atoms with Gasteiger partial charge < -0.3 is 9.47 Å². The van der Waals surface area contributed by atoms with Gasteiger partial charge in [-0.25, -0.2) is 5.43 Å². The van der Waals surface area contributed by atoms with E-state index in [-0.39, 0.29) is 11.2 Å². The molecule has 6 heteroatoms. The van der Waals surface area contributed by atoms with Crippen molar-refractivity contribution in [3.05, 3.63) is 53.6 Å². The molecule has 0 aliphatic rings. The van der Waals surface area contributed by atoms with E-state index in [4.69, 9.17) is 9.47 Å². The van der Waals surface area contributed by atoms with Gasteiger partial charge in [0.2, 0.25) is 0 Å². The molecule has 0 radical (unpaired) electrons. The molecule has 25 heavy (non-hydrogen) atoms. The minimum absolute atomic E-state index is 0.158. The number of rotatable bonds is 7. The summed E-state index contributed by atoms with van der Waals surface area (Å²) in [6.07, 6.45) is 1.55. The first-order valence-electron chi connectivity index (χ1n) is 7.81. The Morgan fingerprint density at radius 3 is 2.52 bits per heavy atom. The number of nitrogens with one attached hydrogen (secondary N) is 1. The van der Waals surface area contributed by atoms with E-state index in [0.29, 0.717) is 11.5 Å². The second kappa shape index (κ2) is 9.13. The van der Waals surface area contributed by atoms with E-state index in [2.05, 4.69) is 10.5 Å². The van der Waals surface area contributed by atoms with Crippen LogP contribution in [0.1, 0.15) is 18.1 Å². The SMILES string of the molecule is COc1ccc(/C=N\NC(=O)[C@H](C)Sc2ccc(C)cc2)c(OC)c1. The lowest BCUT2D eigenvalue weighted by atomic mass is 10.2. The number of carbonyl (C=O) groups is 1. The number of hydrogen-bond donors (Lipinski definition) is 1. The van der Waals surface area contributed by atoms with E-state index in [1.54, 1.807) is 26.5 Å². The van der Waals surface area contributed by atoms with Gasteiger partial charge in [0, 0.05) is 16.5 Å². The van der Waals surface area contributed by atoms with Gasteiger partial charge in [-0.3, -0.25) is 4.79 Å². The standard InChI is InChI=1S/C19H22N2O3S/c1-13-5-9-17(10-6-13)25-14(2)19(22)21-20-12-15-7-8-16(23-3)11-18(15)24-4/h5-12,14H,1-4H3,(H,21,22)/b20-12-/t14-/m0/s1. The number of ether oxygens (including phenoxy) is 2. The Balaban J connectivity index is 1.94. The molecule has 2 aromatic rings. The predicted molar refractivity (Wildman–Crippen MR) is 102 cm³/mol. The third-order valence-electron chi connectivity index (χ3n) is 3.52. The van der Waals surface area contributed by atoms with Gasteiger partial charge in [0.05, 0.1) is 25.7 Å². The molecule has 0 spiro atoms. The molecule has 0 saturated heterocycles. The number of thioether (sulfide) groups is 1. The number of methoxy groups -OCH3 is 2.